The van der Waals surface area contributed by atoms with Crippen molar-refractivity contribution in [2.75, 3.05) is 30.9 Å². The van der Waals surface area contributed by atoms with Gasteiger partial charge in [-0.15, -0.1) is 0 Å². The van der Waals surface area contributed by atoms with E-state index in [1.807, 2.05) is 65.0 Å². The molecule has 2 aromatic heterocycles. The number of nitrogens with one attached hydrogen (secondary N) is 1. The van der Waals surface area contributed by atoms with Gasteiger partial charge in [0.25, 0.3) is 5.56 Å². The summed E-state index contributed by atoms with van der Waals surface area (Å²) in [6, 6.07) is 10.3. The van der Waals surface area contributed by atoms with Crippen molar-refractivity contribution in [3.05, 3.63) is 69.3 Å². The zero-order chi connectivity index (χ0) is 24.4. The second-order valence-electron chi connectivity index (χ2n) is 8.93. The standard InChI is InChI=1S/C27H35N5O2/c1-7-21-25(30-24-19-13-11-10-12-18(19)15-22(24)34-9-3)27(33)32(8-2)26(29-21)20-16-28-23(31(5)6)14-17(20)4/h10-14,16,22,24,30H,7-9,15H2,1-6H3. The van der Waals surface area contributed by atoms with E-state index in [4.69, 9.17) is 9.72 Å². The van der Waals surface area contributed by atoms with Crippen molar-refractivity contribution in [2.45, 2.75) is 59.2 Å². The van der Waals surface area contributed by atoms with Gasteiger partial charge in [-0.3, -0.25) is 9.36 Å². The number of pyridine rings is 1. The first-order chi connectivity index (χ1) is 16.4. The molecule has 4 rings (SSSR count). The molecular formula is C27H35N5O2. The molecule has 0 amide bonds. The van der Waals surface area contributed by atoms with Crippen LogP contribution in [0.2, 0.25) is 0 Å². The Morgan fingerprint density at radius 3 is 2.62 bits per heavy atom. The Morgan fingerprint density at radius 1 is 1.21 bits per heavy atom. The lowest BCUT2D eigenvalue weighted by Crippen LogP contribution is -2.32. The molecule has 180 valence electrons. The lowest BCUT2D eigenvalue weighted by atomic mass is 10.1. The van der Waals surface area contributed by atoms with Crippen LogP contribution < -0.4 is 15.8 Å². The summed E-state index contributed by atoms with van der Waals surface area (Å²) >= 11 is 0. The fourth-order valence-electron chi connectivity index (χ4n) is 4.77. The number of hydrogen-bond donors (Lipinski definition) is 1. The smallest absolute Gasteiger partial charge is 0.277 e. The van der Waals surface area contributed by atoms with Crippen LogP contribution in [0.15, 0.2) is 41.3 Å². The highest BCUT2D eigenvalue weighted by Gasteiger charge is 2.34. The summed E-state index contributed by atoms with van der Waals surface area (Å²) in [5, 5.41) is 3.57. The molecule has 3 aromatic rings. The van der Waals surface area contributed by atoms with Crippen LogP contribution in [0.4, 0.5) is 11.5 Å². The van der Waals surface area contributed by atoms with E-state index in [0.29, 0.717) is 31.1 Å². The predicted octanol–water partition coefficient (Wildman–Crippen LogP) is 4.38. The summed E-state index contributed by atoms with van der Waals surface area (Å²) in [6.07, 6.45) is 3.28. The van der Waals surface area contributed by atoms with Crippen LogP contribution in [-0.4, -0.2) is 41.3 Å². The first-order valence-corrected chi connectivity index (χ1v) is 12.1. The van der Waals surface area contributed by atoms with Gasteiger partial charge in [0.15, 0.2) is 0 Å². The third kappa shape index (κ3) is 4.32. The molecule has 0 spiro atoms. The van der Waals surface area contributed by atoms with E-state index in [-0.39, 0.29) is 17.7 Å². The third-order valence-corrected chi connectivity index (χ3v) is 6.55. The van der Waals surface area contributed by atoms with E-state index in [2.05, 4.69) is 28.5 Å². The number of aromatic nitrogens is 3. The minimum absolute atomic E-state index is 0.0220. The third-order valence-electron chi connectivity index (χ3n) is 6.55. The molecule has 7 heteroatoms. The zero-order valence-electron chi connectivity index (χ0n) is 21.1. The van der Waals surface area contributed by atoms with Gasteiger partial charge in [-0.1, -0.05) is 31.2 Å². The van der Waals surface area contributed by atoms with Crippen molar-refractivity contribution >= 4 is 11.5 Å². The SMILES string of the molecule is CCOC1Cc2ccccc2C1Nc1c(CC)nc(-c2cnc(N(C)C)cc2C)n(CC)c1=O. The fourth-order valence-corrected chi connectivity index (χ4v) is 4.77. The molecule has 1 N–H and O–H groups in total. The van der Waals surface area contributed by atoms with Gasteiger partial charge in [0.1, 0.15) is 17.3 Å². The molecule has 2 unspecified atom stereocenters. The van der Waals surface area contributed by atoms with Crippen molar-refractivity contribution < 1.29 is 4.74 Å². The van der Waals surface area contributed by atoms with Crippen LogP contribution in [0.25, 0.3) is 11.4 Å². The van der Waals surface area contributed by atoms with Crippen LogP contribution in [-0.2, 0) is 24.1 Å². The number of fused-ring (bicyclic) bond motifs is 1. The maximum Gasteiger partial charge on any atom is 0.277 e. The summed E-state index contributed by atoms with van der Waals surface area (Å²) in [4.78, 5) is 25.4. The largest absolute Gasteiger partial charge is 0.376 e. The Bertz CT molecular complexity index is 1230. The average Bonchev–Trinajstić information content (AvgIpc) is 3.17. The van der Waals surface area contributed by atoms with Crippen molar-refractivity contribution in [3.63, 3.8) is 0 Å². The minimum atomic E-state index is -0.0881. The average molecular weight is 462 g/mol. The molecule has 1 aromatic carbocycles. The summed E-state index contributed by atoms with van der Waals surface area (Å²) in [7, 11) is 3.93. The van der Waals surface area contributed by atoms with Gasteiger partial charge in [-0.2, -0.15) is 0 Å². The number of rotatable bonds is 8. The van der Waals surface area contributed by atoms with Crippen molar-refractivity contribution in [1.82, 2.24) is 14.5 Å². The Labute approximate surface area is 201 Å². The van der Waals surface area contributed by atoms with Gasteiger partial charge < -0.3 is 15.0 Å². The molecule has 0 radical (unpaired) electrons. The van der Waals surface area contributed by atoms with Gasteiger partial charge in [0.2, 0.25) is 0 Å². The number of ether oxygens (including phenoxy) is 1. The molecule has 1 aliphatic carbocycles. The van der Waals surface area contributed by atoms with Crippen molar-refractivity contribution in [1.29, 1.82) is 0 Å². The fraction of sp³-hybridized carbons (Fsp3) is 0.444. The van der Waals surface area contributed by atoms with Crippen LogP contribution in [0.1, 0.15) is 49.2 Å². The number of nitrogens with zero attached hydrogens (tertiary/aromatic N) is 4. The molecule has 34 heavy (non-hydrogen) atoms. The van der Waals surface area contributed by atoms with Gasteiger partial charge in [0.05, 0.1) is 17.8 Å². The van der Waals surface area contributed by atoms with Gasteiger partial charge in [-0.05, 0) is 49.9 Å². The number of aryl methyl sites for hydroxylation is 2. The van der Waals surface area contributed by atoms with Crippen LogP contribution in [0, 0.1) is 6.92 Å². The summed E-state index contributed by atoms with van der Waals surface area (Å²) < 4.78 is 7.82. The van der Waals surface area contributed by atoms with Crippen molar-refractivity contribution in [3.8, 4) is 11.4 Å². The lowest BCUT2D eigenvalue weighted by Gasteiger charge is -2.25. The molecule has 0 aliphatic heterocycles. The maximum atomic E-state index is 13.8. The highest BCUT2D eigenvalue weighted by molar-refractivity contribution is 5.64. The Hall–Kier alpha value is -3.19. The highest BCUT2D eigenvalue weighted by atomic mass is 16.5. The molecule has 1 aliphatic rings. The number of anilines is 2. The first kappa shape index (κ1) is 24.0. The molecule has 2 heterocycles. The quantitative estimate of drug-likeness (QED) is 0.537. The van der Waals surface area contributed by atoms with Crippen LogP contribution in [0.3, 0.4) is 0 Å². The Morgan fingerprint density at radius 2 is 1.97 bits per heavy atom. The lowest BCUT2D eigenvalue weighted by molar-refractivity contribution is 0.0574. The molecule has 0 bridgehead atoms. The van der Waals surface area contributed by atoms with Crippen molar-refractivity contribution in [2.24, 2.45) is 0 Å². The summed E-state index contributed by atoms with van der Waals surface area (Å²) in [5.74, 6) is 1.54. The Balaban J connectivity index is 1.81. The van der Waals surface area contributed by atoms with E-state index in [9.17, 15) is 4.79 Å². The number of hydrogen-bond acceptors (Lipinski definition) is 6. The monoisotopic (exact) mass is 461 g/mol. The minimum Gasteiger partial charge on any atom is -0.376 e. The van der Waals surface area contributed by atoms with Gasteiger partial charge >= 0.3 is 0 Å². The molecule has 0 saturated carbocycles. The van der Waals surface area contributed by atoms with E-state index < -0.39 is 0 Å². The maximum absolute atomic E-state index is 13.8. The summed E-state index contributed by atoms with van der Waals surface area (Å²) in [5.41, 5.74) is 5.64. The predicted molar refractivity (Wildman–Crippen MR) is 138 cm³/mol. The number of benzene rings is 1. The second-order valence-corrected chi connectivity index (χ2v) is 8.93. The zero-order valence-corrected chi connectivity index (χ0v) is 21.1. The van der Waals surface area contributed by atoms with Crippen LogP contribution >= 0.6 is 0 Å². The van der Waals surface area contributed by atoms with E-state index in [1.165, 1.54) is 11.1 Å². The molecular weight excluding hydrogens is 426 g/mol. The summed E-state index contributed by atoms with van der Waals surface area (Å²) in [6.45, 7) is 9.21. The van der Waals surface area contributed by atoms with Gasteiger partial charge in [-0.25, -0.2) is 9.97 Å². The molecule has 0 fully saturated rings. The second kappa shape index (κ2) is 9.97. The highest BCUT2D eigenvalue weighted by Crippen LogP contribution is 2.36. The topological polar surface area (TPSA) is 72.3 Å². The first-order valence-electron chi connectivity index (χ1n) is 12.1. The molecule has 7 nitrogen and oxygen atoms in total. The molecule has 0 saturated heterocycles. The normalized spacial score (nSPS) is 17.0. The van der Waals surface area contributed by atoms with Gasteiger partial charge in [0, 0.05) is 45.4 Å². The molecule has 2 atom stereocenters. The van der Waals surface area contributed by atoms with Crippen LogP contribution in [0.5, 0.6) is 0 Å². The Kier molecular flexibility index (Phi) is 7.03. The van der Waals surface area contributed by atoms with E-state index >= 15 is 0 Å². The van der Waals surface area contributed by atoms with E-state index in [1.54, 1.807) is 4.57 Å². The van der Waals surface area contributed by atoms with E-state index in [0.717, 1.165) is 29.1 Å².